The van der Waals surface area contributed by atoms with Crippen LogP contribution in [0.15, 0.2) is 84.9 Å². The lowest BCUT2D eigenvalue weighted by Crippen LogP contribution is -2.52. The molecule has 0 spiro atoms. The Morgan fingerprint density at radius 2 is 1.47 bits per heavy atom. The summed E-state index contributed by atoms with van der Waals surface area (Å²) in [5, 5.41) is 32.4. The van der Waals surface area contributed by atoms with Crippen LogP contribution in [0.5, 0.6) is 11.5 Å². The number of rotatable bonds is 10. The van der Waals surface area contributed by atoms with Crippen molar-refractivity contribution in [3.63, 3.8) is 0 Å². The van der Waals surface area contributed by atoms with Crippen LogP contribution in [0.1, 0.15) is 54.2 Å². The highest BCUT2D eigenvalue weighted by atomic mass is 35.5. The van der Waals surface area contributed by atoms with Crippen LogP contribution in [-0.4, -0.2) is 89.7 Å². The molecular weight excluding hydrogens is 752 g/mol. The first-order valence-corrected chi connectivity index (χ1v) is 18.7. The molecule has 2 atom stereocenters. The lowest BCUT2D eigenvalue weighted by Gasteiger charge is -2.29. The molecule has 15 heteroatoms. The number of benzene rings is 4. The van der Waals surface area contributed by atoms with Gasteiger partial charge < -0.3 is 42.1 Å². The number of likely N-dealkylation sites (N-methyl/N-ethyl adjacent to an activating group) is 1. The molecule has 300 valence electrons. The third-order valence-corrected chi connectivity index (χ3v) is 9.28. The molecule has 0 fully saturated rings. The van der Waals surface area contributed by atoms with Crippen molar-refractivity contribution in [3.8, 4) is 33.8 Å². The van der Waals surface area contributed by atoms with Gasteiger partial charge in [0.05, 0.1) is 19.6 Å². The molecule has 1 aliphatic heterocycles. The number of aromatic hydroxyl groups is 2. The van der Waals surface area contributed by atoms with Crippen molar-refractivity contribution in [3.05, 3.63) is 107 Å². The number of phenols is 2. The maximum atomic E-state index is 13.7. The van der Waals surface area contributed by atoms with Gasteiger partial charge in [-0.3, -0.25) is 28.8 Å². The molecule has 4 aromatic carbocycles. The fourth-order valence-corrected chi connectivity index (χ4v) is 6.02. The van der Waals surface area contributed by atoms with Crippen molar-refractivity contribution in [1.29, 1.82) is 0 Å². The monoisotopic (exact) mass is 798 g/mol. The molecule has 0 radical (unpaired) electrons. The van der Waals surface area contributed by atoms with E-state index in [1.807, 2.05) is 12.1 Å². The molecule has 57 heavy (non-hydrogen) atoms. The summed E-state index contributed by atoms with van der Waals surface area (Å²) in [5.41, 5.74) is 8.22. The van der Waals surface area contributed by atoms with Gasteiger partial charge in [0.2, 0.25) is 23.6 Å². The van der Waals surface area contributed by atoms with Crippen LogP contribution in [0.3, 0.4) is 0 Å². The van der Waals surface area contributed by atoms with Crippen LogP contribution >= 0.6 is 11.6 Å². The van der Waals surface area contributed by atoms with E-state index in [2.05, 4.69) is 28.2 Å². The minimum Gasteiger partial charge on any atom is -0.507 e. The van der Waals surface area contributed by atoms with Crippen molar-refractivity contribution < 1.29 is 39.0 Å². The number of hydrogen-bond donors (Lipinski definition) is 7. The molecule has 14 nitrogen and oxygen atoms in total. The highest BCUT2D eigenvalue weighted by molar-refractivity contribution is 6.30. The molecule has 0 saturated heterocycles. The fourth-order valence-electron chi connectivity index (χ4n) is 5.89. The summed E-state index contributed by atoms with van der Waals surface area (Å²) < 4.78 is 0. The van der Waals surface area contributed by atoms with Gasteiger partial charge in [-0.15, -0.1) is 0 Å². The molecule has 1 heterocycles. The summed E-state index contributed by atoms with van der Waals surface area (Å²) >= 11 is 5.97. The van der Waals surface area contributed by atoms with E-state index in [1.165, 1.54) is 57.1 Å². The van der Waals surface area contributed by atoms with Gasteiger partial charge in [-0.2, -0.15) is 0 Å². The van der Waals surface area contributed by atoms with E-state index in [4.69, 9.17) is 17.3 Å². The Bertz CT molecular complexity index is 2090. The zero-order chi connectivity index (χ0) is 41.6. The summed E-state index contributed by atoms with van der Waals surface area (Å²) in [4.78, 5) is 78.8. The molecule has 4 bridgehead atoms. The maximum Gasteiger partial charge on any atom is 0.251 e. The number of amides is 5. The number of nitrogens with one attached hydrogen (secondary N) is 4. The van der Waals surface area contributed by atoms with Crippen LogP contribution in [0, 0.1) is 0 Å². The van der Waals surface area contributed by atoms with Crippen LogP contribution in [0.2, 0.25) is 5.02 Å². The van der Waals surface area contributed by atoms with E-state index in [9.17, 15) is 39.0 Å². The number of hydrogen-bond acceptors (Lipinski definition) is 9. The molecular formula is C42H47ClN6O8. The number of halogens is 1. The fraction of sp³-hybridized carbons (Fsp3) is 0.286. The number of carbonyl (C=O) groups is 6. The summed E-state index contributed by atoms with van der Waals surface area (Å²) in [6.45, 7) is 2.96. The quantitative estimate of drug-likeness (QED) is 0.124. The number of phenolic OH excluding ortho intramolecular Hbond substituents is 2. The third kappa shape index (κ3) is 12.1. The van der Waals surface area contributed by atoms with Gasteiger partial charge in [0.15, 0.2) is 0 Å². The number of nitrogens with zero attached hydrogens (tertiary/aromatic N) is 1. The Labute approximate surface area is 335 Å². The normalized spacial score (nSPS) is 15.0. The van der Waals surface area contributed by atoms with Crippen molar-refractivity contribution in [2.45, 2.75) is 45.2 Å². The average Bonchev–Trinajstić information content (AvgIpc) is 3.19. The van der Waals surface area contributed by atoms with Gasteiger partial charge in [-0.05, 0) is 90.7 Å². The molecule has 0 saturated carbocycles. The second-order valence-corrected chi connectivity index (χ2v) is 13.8. The zero-order valence-corrected chi connectivity index (χ0v) is 32.7. The van der Waals surface area contributed by atoms with Crippen molar-refractivity contribution in [2.75, 3.05) is 33.2 Å². The molecule has 5 rings (SSSR count). The van der Waals surface area contributed by atoms with Crippen LogP contribution in [0.25, 0.3) is 22.3 Å². The smallest absolute Gasteiger partial charge is 0.251 e. The Hall–Kier alpha value is -6.25. The van der Waals surface area contributed by atoms with E-state index in [-0.39, 0.29) is 46.9 Å². The largest absolute Gasteiger partial charge is 0.507 e. The van der Waals surface area contributed by atoms with Gasteiger partial charge in [0, 0.05) is 35.2 Å². The van der Waals surface area contributed by atoms with E-state index in [1.54, 1.807) is 42.5 Å². The molecule has 4 aromatic rings. The number of unbranched alkanes of at least 4 members (excludes halogenated alkanes) is 1. The van der Waals surface area contributed by atoms with E-state index >= 15 is 0 Å². The van der Waals surface area contributed by atoms with Crippen LogP contribution in [-0.2, 0) is 30.4 Å². The SMILES string of the molecule is CC(=O)CNC(=O)C1Cc2ccc(O)c(c2)-c2cc(ccc2O)C(N(C)C(=O)CNC(=O)c2ccc(-c3ccc(Cl)cc3)cc2)C(=O)NCC(=O)N1.CCCCN. The summed E-state index contributed by atoms with van der Waals surface area (Å²) in [6.07, 6.45) is 2.34. The minimum atomic E-state index is -1.36. The molecule has 0 aromatic heterocycles. The maximum absolute atomic E-state index is 13.7. The van der Waals surface area contributed by atoms with Crippen LogP contribution < -0.4 is 27.0 Å². The van der Waals surface area contributed by atoms with Crippen molar-refractivity contribution >= 4 is 46.9 Å². The predicted octanol–water partition coefficient (Wildman–Crippen LogP) is 3.62. The number of Topliss-reactive ketones (excluding diaryl/α,β-unsaturated/α-hetero) is 1. The van der Waals surface area contributed by atoms with Gasteiger partial charge in [0.1, 0.15) is 29.4 Å². The first-order chi connectivity index (χ1) is 27.2. The van der Waals surface area contributed by atoms with E-state index in [0.717, 1.165) is 22.6 Å². The summed E-state index contributed by atoms with van der Waals surface area (Å²) in [5.74, 6) is -4.10. The highest BCUT2D eigenvalue weighted by Gasteiger charge is 2.31. The number of carbonyl (C=O) groups excluding carboxylic acids is 6. The number of nitrogens with two attached hydrogens (primary N) is 1. The Morgan fingerprint density at radius 1 is 0.860 bits per heavy atom. The first-order valence-electron chi connectivity index (χ1n) is 18.3. The van der Waals surface area contributed by atoms with Gasteiger partial charge in [0.25, 0.3) is 5.91 Å². The Morgan fingerprint density at radius 3 is 2.07 bits per heavy atom. The standard InChI is InChI=1S/C38H36ClN5O8.C4H11N/c1-21(45)18-40-37(51)30-16-22-3-13-31(46)28(15-22)29-17-26(10-14-32(29)47)35(38(52)41-19-33(48)43-30)44(2)34(49)20-42-36(50)25-6-4-23(5-7-25)24-8-11-27(39)12-9-24;1-2-3-4-5/h3-15,17,30,35,46-47H,16,18-20H2,1-2H3,(H,40,51)(H,41,52)(H,42,50)(H,43,48);2-5H2,1H3. The number of ketones is 1. The molecule has 5 amide bonds. The Balaban J connectivity index is 0.00000135. The summed E-state index contributed by atoms with van der Waals surface area (Å²) in [7, 11) is 1.35. The average molecular weight is 799 g/mol. The van der Waals surface area contributed by atoms with Gasteiger partial charge in [-0.1, -0.05) is 61.3 Å². The lowest BCUT2D eigenvalue weighted by atomic mass is 9.94. The highest BCUT2D eigenvalue weighted by Crippen LogP contribution is 2.38. The number of fused-ring (bicyclic) bond motifs is 5. The van der Waals surface area contributed by atoms with E-state index < -0.39 is 54.7 Å². The van der Waals surface area contributed by atoms with Gasteiger partial charge >= 0.3 is 0 Å². The molecule has 2 unspecified atom stereocenters. The molecule has 8 N–H and O–H groups in total. The first kappa shape index (κ1) is 43.5. The van der Waals surface area contributed by atoms with Crippen molar-refractivity contribution in [1.82, 2.24) is 26.2 Å². The van der Waals surface area contributed by atoms with Crippen LogP contribution in [0.4, 0.5) is 0 Å². The second-order valence-electron chi connectivity index (χ2n) is 13.4. The molecule has 1 aliphatic rings. The van der Waals surface area contributed by atoms with Crippen molar-refractivity contribution in [2.24, 2.45) is 5.73 Å². The minimum absolute atomic E-state index is 0.0464. The van der Waals surface area contributed by atoms with Gasteiger partial charge in [-0.25, -0.2) is 0 Å². The topological polar surface area (TPSA) is 220 Å². The lowest BCUT2D eigenvalue weighted by molar-refractivity contribution is -0.139. The van der Waals surface area contributed by atoms with E-state index in [0.29, 0.717) is 16.1 Å². The predicted molar refractivity (Wildman–Crippen MR) is 216 cm³/mol. The zero-order valence-electron chi connectivity index (χ0n) is 31.9. The molecule has 0 aliphatic carbocycles. The Kier molecular flexibility index (Phi) is 15.7. The summed E-state index contributed by atoms with van der Waals surface area (Å²) in [6, 6.07) is 20.1. The second kappa shape index (κ2) is 20.6. The third-order valence-electron chi connectivity index (χ3n) is 9.03.